The van der Waals surface area contributed by atoms with Gasteiger partial charge in [-0.2, -0.15) is 4.98 Å². The summed E-state index contributed by atoms with van der Waals surface area (Å²) in [5, 5.41) is 8.81. The largest absolute Gasteiger partial charge is 0.481 e. The van der Waals surface area contributed by atoms with E-state index in [2.05, 4.69) is 4.98 Å². The summed E-state index contributed by atoms with van der Waals surface area (Å²) < 4.78 is 24.3. The minimum Gasteiger partial charge on any atom is -0.481 e. The van der Waals surface area contributed by atoms with E-state index >= 15 is 0 Å². The van der Waals surface area contributed by atoms with Gasteiger partial charge in [0.25, 0.3) is 5.56 Å². The van der Waals surface area contributed by atoms with Crippen LogP contribution in [0.4, 0.5) is 0 Å². The lowest BCUT2D eigenvalue weighted by Crippen LogP contribution is -2.19. The van der Waals surface area contributed by atoms with Crippen LogP contribution in [0.2, 0.25) is 0 Å². The summed E-state index contributed by atoms with van der Waals surface area (Å²) in [5.74, 6) is -1.31. The van der Waals surface area contributed by atoms with Crippen molar-refractivity contribution in [3.8, 4) is 0 Å². The van der Waals surface area contributed by atoms with Crippen molar-refractivity contribution in [2.75, 3.05) is 17.3 Å². The summed E-state index contributed by atoms with van der Waals surface area (Å²) >= 11 is 0.885. The summed E-state index contributed by atoms with van der Waals surface area (Å²) in [6.45, 7) is 1.70. The zero-order valence-electron chi connectivity index (χ0n) is 10.3. The highest BCUT2D eigenvalue weighted by atomic mass is 32.2. The first-order valence-electron chi connectivity index (χ1n) is 5.46. The van der Waals surface area contributed by atoms with Crippen LogP contribution in [-0.4, -0.2) is 46.3 Å². The number of thioether (sulfide) groups is 1. The lowest BCUT2D eigenvalue weighted by molar-refractivity contribution is -0.133. The fraction of sp³-hybridized carbons (Fsp3) is 0.500. The minimum absolute atomic E-state index is 0.0399. The molecule has 0 radical (unpaired) electrons. The third kappa shape index (κ3) is 5.43. The van der Waals surface area contributed by atoms with E-state index in [9.17, 15) is 18.0 Å². The quantitative estimate of drug-likeness (QED) is 0.551. The van der Waals surface area contributed by atoms with Gasteiger partial charge < -0.3 is 9.67 Å². The van der Waals surface area contributed by atoms with E-state index in [4.69, 9.17) is 5.11 Å². The van der Waals surface area contributed by atoms with E-state index in [0.29, 0.717) is 0 Å². The maximum atomic E-state index is 11.4. The standard InChI is InChI=1S/C10H14N2O5S2/c1-2-19(16,17)6-5-12-4-3-8(13)11-10(12)18-7-9(14)15/h3-4H,2,5-7H2,1H3,(H,14,15). The Morgan fingerprint density at radius 3 is 2.79 bits per heavy atom. The highest BCUT2D eigenvalue weighted by Crippen LogP contribution is 2.13. The number of nitrogens with zero attached hydrogens (tertiary/aromatic N) is 2. The molecule has 0 aliphatic heterocycles. The highest BCUT2D eigenvalue weighted by molar-refractivity contribution is 7.99. The van der Waals surface area contributed by atoms with E-state index in [1.807, 2.05) is 0 Å². The molecule has 1 rings (SSSR count). The van der Waals surface area contributed by atoms with Crippen LogP contribution in [-0.2, 0) is 21.2 Å². The van der Waals surface area contributed by atoms with E-state index in [1.54, 1.807) is 6.92 Å². The van der Waals surface area contributed by atoms with Gasteiger partial charge >= 0.3 is 5.97 Å². The average molecular weight is 306 g/mol. The molecule has 0 amide bonds. The number of carbonyl (C=O) groups is 1. The molecular weight excluding hydrogens is 292 g/mol. The first kappa shape index (κ1) is 15.7. The van der Waals surface area contributed by atoms with Gasteiger partial charge in [-0.05, 0) is 0 Å². The van der Waals surface area contributed by atoms with Crippen molar-refractivity contribution < 1.29 is 18.3 Å². The number of hydrogen-bond acceptors (Lipinski definition) is 6. The maximum absolute atomic E-state index is 11.4. The second-order valence-electron chi connectivity index (χ2n) is 3.66. The number of carboxylic acid groups (broad SMARTS) is 1. The average Bonchev–Trinajstić information content (AvgIpc) is 2.35. The van der Waals surface area contributed by atoms with Gasteiger partial charge in [-0.15, -0.1) is 0 Å². The van der Waals surface area contributed by atoms with Gasteiger partial charge in [0.05, 0.1) is 11.5 Å². The van der Waals surface area contributed by atoms with Crippen molar-refractivity contribution in [3.05, 3.63) is 22.6 Å². The predicted molar refractivity (Wildman–Crippen MR) is 71.2 cm³/mol. The Morgan fingerprint density at radius 2 is 2.21 bits per heavy atom. The molecule has 0 bridgehead atoms. The van der Waals surface area contributed by atoms with Crippen LogP contribution in [0.15, 0.2) is 22.2 Å². The summed E-state index contributed by atoms with van der Waals surface area (Å²) in [5.41, 5.74) is -0.484. The molecule has 1 heterocycles. The molecule has 0 fully saturated rings. The first-order valence-corrected chi connectivity index (χ1v) is 8.27. The summed E-state index contributed by atoms with van der Waals surface area (Å²) in [6, 6.07) is 1.21. The van der Waals surface area contributed by atoms with Gasteiger partial charge in [0.2, 0.25) is 0 Å². The van der Waals surface area contributed by atoms with Crippen molar-refractivity contribution in [2.24, 2.45) is 0 Å². The molecule has 19 heavy (non-hydrogen) atoms. The Morgan fingerprint density at radius 1 is 1.53 bits per heavy atom. The van der Waals surface area contributed by atoms with Crippen LogP contribution in [0, 0.1) is 0 Å². The second kappa shape index (κ2) is 6.71. The molecule has 1 aromatic heterocycles. The van der Waals surface area contributed by atoms with Crippen molar-refractivity contribution in [1.82, 2.24) is 9.55 Å². The molecule has 0 saturated heterocycles. The minimum atomic E-state index is -3.13. The Hall–Kier alpha value is -1.35. The lowest BCUT2D eigenvalue weighted by atomic mass is 10.6. The molecule has 0 aromatic carbocycles. The smallest absolute Gasteiger partial charge is 0.313 e. The van der Waals surface area contributed by atoms with Crippen LogP contribution in [0.5, 0.6) is 0 Å². The molecule has 0 atom stereocenters. The number of aromatic nitrogens is 2. The van der Waals surface area contributed by atoms with E-state index < -0.39 is 21.4 Å². The molecule has 0 aliphatic rings. The molecule has 9 heteroatoms. The summed E-state index contributed by atoms with van der Waals surface area (Å²) in [4.78, 5) is 25.3. The number of aliphatic carboxylic acids is 1. The number of hydrogen-bond donors (Lipinski definition) is 1. The molecule has 106 valence electrons. The van der Waals surface area contributed by atoms with Gasteiger partial charge in [0.1, 0.15) is 0 Å². The molecule has 0 saturated carbocycles. The van der Waals surface area contributed by atoms with Gasteiger partial charge in [0.15, 0.2) is 15.0 Å². The fourth-order valence-electron chi connectivity index (χ4n) is 1.21. The van der Waals surface area contributed by atoms with Crippen LogP contribution < -0.4 is 5.56 Å². The van der Waals surface area contributed by atoms with Gasteiger partial charge in [-0.3, -0.25) is 9.59 Å². The highest BCUT2D eigenvalue weighted by Gasteiger charge is 2.11. The van der Waals surface area contributed by atoms with Gasteiger partial charge in [-0.1, -0.05) is 18.7 Å². The Balaban J connectivity index is 2.87. The SMILES string of the molecule is CCS(=O)(=O)CCn1ccc(=O)nc1SCC(=O)O. The number of rotatable bonds is 7. The summed E-state index contributed by atoms with van der Waals surface area (Å²) in [7, 11) is -3.13. The van der Waals surface area contributed by atoms with Crippen molar-refractivity contribution in [2.45, 2.75) is 18.6 Å². The maximum Gasteiger partial charge on any atom is 0.313 e. The van der Waals surface area contributed by atoms with Crippen LogP contribution >= 0.6 is 11.8 Å². The third-order valence-electron chi connectivity index (χ3n) is 2.26. The molecule has 0 spiro atoms. The molecule has 7 nitrogen and oxygen atoms in total. The lowest BCUT2D eigenvalue weighted by Gasteiger charge is -2.10. The van der Waals surface area contributed by atoms with Crippen LogP contribution in [0.3, 0.4) is 0 Å². The normalized spacial score (nSPS) is 11.4. The Labute approximate surface area is 114 Å². The molecule has 0 unspecified atom stereocenters. The molecule has 1 aromatic rings. The van der Waals surface area contributed by atoms with E-state index in [1.165, 1.54) is 16.8 Å². The monoisotopic (exact) mass is 306 g/mol. The number of aryl methyl sites for hydroxylation is 1. The molecular formula is C10H14N2O5S2. The molecule has 0 aliphatic carbocycles. The predicted octanol–water partition coefficient (Wildman–Crippen LogP) is -0.145. The topological polar surface area (TPSA) is 106 Å². The van der Waals surface area contributed by atoms with E-state index in [-0.39, 0.29) is 29.0 Å². The van der Waals surface area contributed by atoms with E-state index in [0.717, 1.165) is 11.8 Å². The molecule has 1 N–H and O–H groups in total. The van der Waals surface area contributed by atoms with Gasteiger partial charge in [-0.25, -0.2) is 8.42 Å². The van der Waals surface area contributed by atoms with Crippen molar-refractivity contribution in [1.29, 1.82) is 0 Å². The number of sulfone groups is 1. The second-order valence-corrected chi connectivity index (χ2v) is 7.08. The van der Waals surface area contributed by atoms with Crippen molar-refractivity contribution >= 4 is 27.6 Å². The first-order chi connectivity index (χ1) is 8.84. The van der Waals surface area contributed by atoms with Crippen LogP contribution in [0.25, 0.3) is 0 Å². The zero-order chi connectivity index (χ0) is 14.5. The summed E-state index contributed by atoms with van der Waals surface area (Å²) in [6.07, 6.45) is 1.42. The third-order valence-corrected chi connectivity index (χ3v) is 4.92. The zero-order valence-corrected chi connectivity index (χ0v) is 11.9. The van der Waals surface area contributed by atoms with Gasteiger partial charge in [0, 0.05) is 24.6 Å². The van der Waals surface area contributed by atoms with Crippen molar-refractivity contribution in [3.63, 3.8) is 0 Å². The fourth-order valence-corrected chi connectivity index (χ4v) is 2.70. The van der Waals surface area contributed by atoms with Crippen LogP contribution in [0.1, 0.15) is 6.92 Å². The number of carboxylic acids is 1. The Kier molecular flexibility index (Phi) is 5.55. The Bertz CT molecular complexity index is 609.